The Kier molecular flexibility index (Phi) is 7.38. The highest BCUT2D eigenvalue weighted by molar-refractivity contribution is 5.92. The Bertz CT molecular complexity index is 838. The maximum absolute atomic E-state index is 11.8. The van der Waals surface area contributed by atoms with Crippen LogP contribution < -0.4 is 10.1 Å². The van der Waals surface area contributed by atoms with E-state index in [0.29, 0.717) is 12.1 Å². The van der Waals surface area contributed by atoms with Crippen molar-refractivity contribution < 1.29 is 19.1 Å². The third-order valence-corrected chi connectivity index (χ3v) is 3.79. The van der Waals surface area contributed by atoms with Crippen LogP contribution in [0.15, 0.2) is 42.5 Å². The van der Waals surface area contributed by atoms with Crippen molar-refractivity contribution >= 4 is 17.6 Å². The van der Waals surface area contributed by atoms with E-state index < -0.39 is 11.9 Å². The zero-order valence-electron chi connectivity index (χ0n) is 15.5. The zero-order chi connectivity index (χ0) is 19.6. The number of ether oxygens (including phenoxy) is 2. The largest absolute Gasteiger partial charge is 0.493 e. The van der Waals surface area contributed by atoms with Crippen molar-refractivity contribution in [3.63, 3.8) is 0 Å². The molecule has 0 heterocycles. The van der Waals surface area contributed by atoms with E-state index in [1.165, 1.54) is 0 Å². The van der Waals surface area contributed by atoms with E-state index in [9.17, 15) is 9.59 Å². The van der Waals surface area contributed by atoms with E-state index in [-0.39, 0.29) is 19.6 Å². The predicted molar refractivity (Wildman–Crippen MR) is 101 cm³/mol. The summed E-state index contributed by atoms with van der Waals surface area (Å²) in [5, 5.41) is 11.3. The molecular weight excluding hydrogens is 344 g/mol. The van der Waals surface area contributed by atoms with Gasteiger partial charge in [-0.25, -0.2) is 0 Å². The van der Waals surface area contributed by atoms with Gasteiger partial charge in [0.1, 0.15) is 5.75 Å². The minimum atomic E-state index is -0.500. The fourth-order valence-electron chi connectivity index (χ4n) is 2.32. The van der Waals surface area contributed by atoms with Crippen molar-refractivity contribution in [1.29, 1.82) is 5.26 Å². The molecule has 0 atom stereocenters. The quantitative estimate of drug-likeness (QED) is 0.724. The van der Waals surface area contributed by atoms with Crippen LogP contribution in [0.1, 0.15) is 23.1 Å². The summed E-state index contributed by atoms with van der Waals surface area (Å²) in [5.41, 5.74) is 3.52. The first-order valence-electron chi connectivity index (χ1n) is 8.59. The summed E-state index contributed by atoms with van der Waals surface area (Å²) in [5.74, 6) is -0.188. The molecule has 27 heavy (non-hydrogen) atoms. The lowest BCUT2D eigenvalue weighted by atomic mass is 10.1. The Balaban J connectivity index is 1.69. The molecular formula is C21H22N2O4. The Morgan fingerprint density at radius 2 is 1.85 bits per heavy atom. The average molecular weight is 366 g/mol. The molecule has 140 valence electrons. The van der Waals surface area contributed by atoms with Gasteiger partial charge in [-0.05, 0) is 48.7 Å². The molecule has 6 heteroatoms. The first kappa shape index (κ1) is 20.0. The third-order valence-electron chi connectivity index (χ3n) is 3.79. The van der Waals surface area contributed by atoms with Crippen LogP contribution in [0.3, 0.4) is 0 Å². The minimum Gasteiger partial charge on any atom is -0.493 e. The number of carbonyl (C=O) groups excluding carboxylic acids is 2. The second-order valence-electron chi connectivity index (χ2n) is 6.11. The Morgan fingerprint density at radius 1 is 1.11 bits per heavy atom. The van der Waals surface area contributed by atoms with Crippen molar-refractivity contribution in [2.24, 2.45) is 0 Å². The van der Waals surface area contributed by atoms with Crippen LogP contribution in [0.4, 0.5) is 5.69 Å². The number of hydrogen-bond acceptors (Lipinski definition) is 5. The van der Waals surface area contributed by atoms with Crippen LogP contribution >= 0.6 is 0 Å². The van der Waals surface area contributed by atoms with Crippen molar-refractivity contribution in [1.82, 2.24) is 0 Å². The van der Waals surface area contributed by atoms with E-state index >= 15 is 0 Å². The van der Waals surface area contributed by atoms with E-state index in [1.54, 1.807) is 24.3 Å². The molecule has 0 bridgehead atoms. The topological polar surface area (TPSA) is 88.4 Å². The summed E-state index contributed by atoms with van der Waals surface area (Å²) in [7, 11) is 0. The number of aryl methyl sites for hydroxylation is 2. The molecule has 0 radical (unpaired) electrons. The molecule has 0 saturated heterocycles. The van der Waals surface area contributed by atoms with Gasteiger partial charge >= 0.3 is 5.97 Å². The van der Waals surface area contributed by atoms with Gasteiger partial charge in [0, 0.05) is 5.69 Å². The summed E-state index contributed by atoms with van der Waals surface area (Å²) in [6, 6.07) is 14.8. The van der Waals surface area contributed by atoms with Crippen molar-refractivity contribution in [3.8, 4) is 11.8 Å². The number of amides is 1. The summed E-state index contributed by atoms with van der Waals surface area (Å²) in [6.07, 6.45) is 0.375. The number of esters is 1. The predicted octanol–water partition coefficient (Wildman–Crippen LogP) is 3.32. The molecule has 2 aromatic rings. The molecule has 0 fully saturated rings. The number of benzene rings is 2. The summed E-state index contributed by atoms with van der Waals surface area (Å²) in [6.45, 7) is 3.73. The molecule has 0 aliphatic carbocycles. The molecule has 6 nitrogen and oxygen atoms in total. The Hall–Kier alpha value is -3.33. The first-order valence-corrected chi connectivity index (χ1v) is 8.59. The molecule has 1 N–H and O–H groups in total. The van der Waals surface area contributed by atoms with Gasteiger partial charge in [-0.1, -0.05) is 24.3 Å². The van der Waals surface area contributed by atoms with Crippen molar-refractivity contribution in [2.45, 2.75) is 26.7 Å². The van der Waals surface area contributed by atoms with Crippen molar-refractivity contribution in [2.75, 3.05) is 18.5 Å². The molecule has 0 aliphatic rings. The van der Waals surface area contributed by atoms with E-state index in [2.05, 4.69) is 11.4 Å². The van der Waals surface area contributed by atoms with Crippen molar-refractivity contribution in [3.05, 3.63) is 59.2 Å². The SMILES string of the molecule is Cc1ccc(C)c(OCCC(=O)OCC(=O)Nc2ccc(CC#N)cc2)c1. The standard InChI is InChI=1S/C21H22N2O4/c1-15-3-4-16(2)19(13-15)26-12-10-21(25)27-14-20(24)23-18-7-5-17(6-8-18)9-11-22/h3-8,13H,9-10,12,14H2,1-2H3,(H,23,24). The smallest absolute Gasteiger partial charge is 0.309 e. The first-order chi connectivity index (χ1) is 13.0. The minimum absolute atomic E-state index is 0.0590. The second kappa shape index (κ2) is 9.97. The summed E-state index contributed by atoms with van der Waals surface area (Å²) >= 11 is 0. The van der Waals surface area contributed by atoms with Gasteiger partial charge in [0.2, 0.25) is 0 Å². The van der Waals surface area contributed by atoms with Gasteiger partial charge < -0.3 is 14.8 Å². The van der Waals surface area contributed by atoms with Gasteiger partial charge in [0.05, 0.1) is 25.5 Å². The maximum Gasteiger partial charge on any atom is 0.309 e. The lowest BCUT2D eigenvalue weighted by Crippen LogP contribution is -2.21. The third kappa shape index (κ3) is 6.83. The molecule has 0 aliphatic heterocycles. The number of rotatable bonds is 8. The van der Waals surface area contributed by atoms with E-state index in [4.69, 9.17) is 14.7 Å². The number of nitrogens with one attached hydrogen (secondary N) is 1. The summed E-state index contributed by atoms with van der Waals surface area (Å²) < 4.78 is 10.6. The average Bonchev–Trinajstić information content (AvgIpc) is 2.65. The van der Waals surface area contributed by atoms with Gasteiger partial charge in [-0.15, -0.1) is 0 Å². The van der Waals surface area contributed by atoms with Gasteiger partial charge in [0.25, 0.3) is 5.91 Å². The highest BCUT2D eigenvalue weighted by Gasteiger charge is 2.09. The molecule has 0 aromatic heterocycles. The maximum atomic E-state index is 11.8. The van der Waals surface area contributed by atoms with E-state index in [0.717, 1.165) is 22.4 Å². The van der Waals surface area contributed by atoms with Crippen LogP contribution in [0.25, 0.3) is 0 Å². The molecule has 0 spiro atoms. The molecule has 0 unspecified atom stereocenters. The monoisotopic (exact) mass is 366 g/mol. The lowest BCUT2D eigenvalue weighted by molar-refractivity contribution is -0.147. The highest BCUT2D eigenvalue weighted by atomic mass is 16.5. The fourth-order valence-corrected chi connectivity index (χ4v) is 2.32. The Labute approximate surface area is 158 Å². The van der Waals surface area contributed by atoms with Crippen LogP contribution in [0, 0.1) is 25.2 Å². The highest BCUT2D eigenvalue weighted by Crippen LogP contribution is 2.19. The fraction of sp³-hybridized carbons (Fsp3) is 0.286. The molecule has 1 amide bonds. The van der Waals surface area contributed by atoms with E-state index in [1.807, 2.05) is 32.0 Å². The van der Waals surface area contributed by atoms with Crippen LogP contribution in [0.2, 0.25) is 0 Å². The molecule has 0 saturated carbocycles. The number of hydrogen-bond donors (Lipinski definition) is 1. The number of carbonyl (C=O) groups is 2. The molecule has 2 aromatic carbocycles. The van der Waals surface area contributed by atoms with Gasteiger partial charge in [-0.2, -0.15) is 5.26 Å². The normalized spacial score (nSPS) is 9.96. The molecule has 2 rings (SSSR count). The van der Waals surface area contributed by atoms with Crippen LogP contribution in [-0.2, 0) is 20.7 Å². The second-order valence-corrected chi connectivity index (χ2v) is 6.11. The summed E-state index contributed by atoms with van der Waals surface area (Å²) in [4.78, 5) is 23.6. The zero-order valence-corrected chi connectivity index (χ0v) is 15.5. The Morgan fingerprint density at radius 3 is 2.56 bits per heavy atom. The number of anilines is 1. The lowest BCUT2D eigenvalue weighted by Gasteiger charge is -2.10. The number of nitriles is 1. The van der Waals surface area contributed by atoms with Crippen LogP contribution in [0.5, 0.6) is 5.75 Å². The van der Waals surface area contributed by atoms with Gasteiger partial charge in [-0.3, -0.25) is 9.59 Å². The van der Waals surface area contributed by atoms with Crippen LogP contribution in [-0.4, -0.2) is 25.1 Å². The number of nitrogens with zero attached hydrogens (tertiary/aromatic N) is 1. The van der Waals surface area contributed by atoms with Gasteiger partial charge in [0.15, 0.2) is 6.61 Å².